The molecule has 0 bridgehead atoms. The van der Waals surface area contributed by atoms with Crippen molar-refractivity contribution < 1.29 is 14.6 Å². The fourth-order valence-electron chi connectivity index (χ4n) is 1.73. The largest absolute Gasteiger partial charge is 0.497 e. The van der Waals surface area contributed by atoms with Crippen LogP contribution in [0.2, 0.25) is 0 Å². The van der Waals surface area contributed by atoms with Gasteiger partial charge in [-0.25, -0.2) is 4.98 Å². The minimum absolute atomic E-state index is 0.133. The van der Waals surface area contributed by atoms with Gasteiger partial charge in [0.05, 0.1) is 13.7 Å². The summed E-state index contributed by atoms with van der Waals surface area (Å²) in [5.41, 5.74) is 1.85. The van der Waals surface area contributed by atoms with E-state index in [-0.39, 0.29) is 6.61 Å². The smallest absolute Gasteiger partial charge is 0.140 e. The molecule has 5 heteroatoms. The van der Waals surface area contributed by atoms with E-state index < -0.39 is 0 Å². The molecular weight excluding hydrogens is 256 g/mol. The van der Waals surface area contributed by atoms with E-state index in [9.17, 15) is 5.11 Å². The number of pyridine rings is 1. The number of aliphatic hydroxyl groups excluding tert-OH is 1. The summed E-state index contributed by atoms with van der Waals surface area (Å²) in [4.78, 5) is 3.90. The van der Waals surface area contributed by atoms with Gasteiger partial charge in [-0.15, -0.1) is 0 Å². The van der Waals surface area contributed by atoms with Gasteiger partial charge in [-0.2, -0.15) is 5.26 Å². The molecule has 5 nitrogen and oxygen atoms in total. The number of benzene rings is 1. The van der Waals surface area contributed by atoms with Gasteiger partial charge >= 0.3 is 0 Å². The van der Waals surface area contributed by atoms with Gasteiger partial charge in [0.2, 0.25) is 0 Å². The Balaban J connectivity index is 2.12. The van der Waals surface area contributed by atoms with Crippen molar-refractivity contribution in [2.24, 2.45) is 0 Å². The van der Waals surface area contributed by atoms with Gasteiger partial charge in [0.15, 0.2) is 0 Å². The average Bonchev–Trinajstić information content (AvgIpc) is 2.52. The van der Waals surface area contributed by atoms with E-state index in [1.807, 2.05) is 6.07 Å². The molecule has 0 radical (unpaired) electrons. The van der Waals surface area contributed by atoms with Crippen LogP contribution in [0, 0.1) is 11.3 Å². The first kappa shape index (κ1) is 13.8. The summed E-state index contributed by atoms with van der Waals surface area (Å²) in [6.07, 6.45) is 1.57. The Kier molecular flexibility index (Phi) is 4.53. The molecule has 1 N–H and O–H groups in total. The van der Waals surface area contributed by atoms with Crippen LogP contribution < -0.4 is 9.47 Å². The minimum Gasteiger partial charge on any atom is -0.497 e. The second-order valence-corrected chi connectivity index (χ2v) is 4.08. The second-order valence-electron chi connectivity index (χ2n) is 4.08. The van der Waals surface area contributed by atoms with E-state index in [1.165, 1.54) is 0 Å². The molecule has 102 valence electrons. The summed E-state index contributed by atoms with van der Waals surface area (Å²) in [6.45, 7) is 0.169. The Morgan fingerprint density at radius 3 is 2.85 bits per heavy atom. The van der Waals surface area contributed by atoms with Crippen LogP contribution in [0.3, 0.4) is 0 Å². The summed E-state index contributed by atoms with van der Waals surface area (Å²) in [5.74, 6) is 1.25. The molecule has 0 spiro atoms. The van der Waals surface area contributed by atoms with Crippen molar-refractivity contribution in [1.29, 1.82) is 5.26 Å². The highest BCUT2D eigenvalue weighted by molar-refractivity contribution is 5.40. The fourth-order valence-corrected chi connectivity index (χ4v) is 1.73. The van der Waals surface area contributed by atoms with E-state index in [0.717, 1.165) is 5.56 Å². The highest BCUT2D eigenvalue weighted by Gasteiger charge is 2.06. The highest BCUT2D eigenvalue weighted by Crippen LogP contribution is 2.25. The lowest BCUT2D eigenvalue weighted by molar-refractivity contribution is 0.258. The number of ether oxygens (including phenoxy) is 2. The molecule has 0 aliphatic heterocycles. The molecule has 0 aliphatic carbocycles. The van der Waals surface area contributed by atoms with E-state index in [0.29, 0.717) is 29.4 Å². The first-order chi connectivity index (χ1) is 9.76. The monoisotopic (exact) mass is 270 g/mol. The van der Waals surface area contributed by atoms with Gasteiger partial charge in [0, 0.05) is 11.8 Å². The molecule has 1 aromatic heterocycles. The summed E-state index contributed by atoms with van der Waals surface area (Å²) >= 11 is 0. The molecule has 0 saturated carbocycles. The molecule has 0 aliphatic rings. The van der Waals surface area contributed by atoms with Crippen LogP contribution in [0.15, 0.2) is 36.5 Å². The van der Waals surface area contributed by atoms with Crippen molar-refractivity contribution >= 4 is 0 Å². The number of nitriles is 1. The summed E-state index contributed by atoms with van der Waals surface area (Å²) in [7, 11) is 1.57. The van der Waals surface area contributed by atoms with Crippen LogP contribution >= 0.6 is 0 Å². The predicted molar refractivity (Wildman–Crippen MR) is 72.2 cm³/mol. The van der Waals surface area contributed by atoms with Gasteiger partial charge in [0.1, 0.15) is 29.9 Å². The second kappa shape index (κ2) is 6.55. The molecule has 0 atom stereocenters. The molecule has 2 rings (SSSR count). The summed E-state index contributed by atoms with van der Waals surface area (Å²) < 4.78 is 10.8. The number of methoxy groups -OCH3 is 1. The van der Waals surface area contributed by atoms with Gasteiger partial charge in [0.25, 0.3) is 0 Å². The van der Waals surface area contributed by atoms with E-state index in [2.05, 4.69) is 4.98 Å². The maximum absolute atomic E-state index is 9.33. The average molecular weight is 270 g/mol. The van der Waals surface area contributed by atoms with Crippen LogP contribution in [0.1, 0.15) is 16.8 Å². The molecule has 0 amide bonds. The molecule has 20 heavy (non-hydrogen) atoms. The Hall–Kier alpha value is -2.58. The minimum atomic E-state index is -0.133. The Bertz CT molecular complexity index is 635. The summed E-state index contributed by atoms with van der Waals surface area (Å²) in [6, 6.07) is 10.7. The molecular formula is C15H14N2O3. The predicted octanol–water partition coefficient (Wildman–Crippen LogP) is 2.03. The van der Waals surface area contributed by atoms with E-state index >= 15 is 0 Å². The molecule has 0 saturated heterocycles. The van der Waals surface area contributed by atoms with Crippen LogP contribution in [0.4, 0.5) is 0 Å². The third kappa shape index (κ3) is 3.25. The zero-order valence-corrected chi connectivity index (χ0v) is 11.0. The lowest BCUT2D eigenvalue weighted by atomic mass is 10.2. The normalized spacial score (nSPS) is 9.85. The number of hydrogen-bond acceptors (Lipinski definition) is 5. The zero-order valence-electron chi connectivity index (χ0n) is 11.0. The number of rotatable bonds is 5. The van der Waals surface area contributed by atoms with Gasteiger partial charge in [-0.1, -0.05) is 0 Å². The Morgan fingerprint density at radius 2 is 2.15 bits per heavy atom. The van der Waals surface area contributed by atoms with Gasteiger partial charge < -0.3 is 14.6 Å². The van der Waals surface area contributed by atoms with E-state index in [1.54, 1.807) is 43.6 Å². The maximum Gasteiger partial charge on any atom is 0.140 e. The number of aromatic nitrogens is 1. The van der Waals surface area contributed by atoms with Crippen molar-refractivity contribution in [1.82, 2.24) is 4.98 Å². The highest BCUT2D eigenvalue weighted by atomic mass is 16.5. The molecule has 1 aromatic carbocycles. The van der Waals surface area contributed by atoms with Crippen LogP contribution in [-0.4, -0.2) is 17.2 Å². The van der Waals surface area contributed by atoms with Crippen LogP contribution in [-0.2, 0) is 13.2 Å². The third-order valence-electron chi connectivity index (χ3n) is 2.77. The number of hydrogen-bond donors (Lipinski definition) is 1. The third-order valence-corrected chi connectivity index (χ3v) is 2.77. The zero-order chi connectivity index (χ0) is 14.4. The molecule has 0 fully saturated rings. The lowest BCUT2D eigenvalue weighted by Gasteiger charge is -2.11. The maximum atomic E-state index is 9.33. The first-order valence-electron chi connectivity index (χ1n) is 6.02. The molecule has 0 unspecified atom stereocenters. The first-order valence-corrected chi connectivity index (χ1v) is 6.02. The fraction of sp³-hybridized carbons (Fsp3) is 0.200. The topological polar surface area (TPSA) is 75.4 Å². The van der Waals surface area contributed by atoms with Crippen LogP contribution in [0.25, 0.3) is 0 Å². The van der Waals surface area contributed by atoms with Crippen LogP contribution in [0.5, 0.6) is 11.5 Å². The SMILES string of the molecule is COc1ccc(OCc2ccnc(C#N)c2)c(CO)c1. The van der Waals surface area contributed by atoms with Gasteiger partial charge in [-0.05, 0) is 35.9 Å². The van der Waals surface area contributed by atoms with Crippen molar-refractivity contribution in [3.8, 4) is 17.6 Å². The lowest BCUT2D eigenvalue weighted by Crippen LogP contribution is -2.00. The number of aliphatic hydroxyl groups is 1. The molecule has 2 aromatic rings. The van der Waals surface area contributed by atoms with Crippen molar-refractivity contribution in [2.75, 3.05) is 7.11 Å². The molecule has 1 heterocycles. The van der Waals surface area contributed by atoms with Crippen molar-refractivity contribution in [3.05, 3.63) is 53.3 Å². The standard InChI is InChI=1S/C15H14N2O3/c1-19-14-2-3-15(12(7-14)9-18)20-10-11-4-5-17-13(6-11)8-16/h2-7,18H,9-10H2,1H3. The van der Waals surface area contributed by atoms with Crippen molar-refractivity contribution in [2.45, 2.75) is 13.2 Å². The van der Waals surface area contributed by atoms with Gasteiger partial charge in [-0.3, -0.25) is 0 Å². The quantitative estimate of drug-likeness (QED) is 0.899. The Morgan fingerprint density at radius 1 is 1.30 bits per heavy atom. The summed E-state index contributed by atoms with van der Waals surface area (Å²) in [5, 5.41) is 18.1. The van der Waals surface area contributed by atoms with E-state index in [4.69, 9.17) is 14.7 Å². The Labute approximate surface area is 117 Å². The van der Waals surface area contributed by atoms with Crippen molar-refractivity contribution in [3.63, 3.8) is 0 Å². The number of nitrogens with zero attached hydrogens (tertiary/aromatic N) is 2.